The molecular formula is C16H12FN3O3. The number of ketones is 2. The monoisotopic (exact) mass is 313 g/mol. The minimum Gasteiger partial charge on any atom is -0.491 e. The second-order valence-corrected chi connectivity index (χ2v) is 4.91. The number of anilines is 1. The largest absolute Gasteiger partial charge is 0.491 e. The molecule has 0 spiro atoms. The molecule has 0 saturated carbocycles. The predicted octanol–water partition coefficient (Wildman–Crippen LogP) is 2.27. The van der Waals surface area contributed by atoms with E-state index < -0.39 is 17.4 Å². The molecule has 116 valence electrons. The number of hydrogen-bond donors (Lipinski definition) is 1. The molecule has 23 heavy (non-hydrogen) atoms. The number of ether oxygens (including phenoxy) is 1. The van der Waals surface area contributed by atoms with Crippen molar-refractivity contribution in [2.75, 3.05) is 12.4 Å². The van der Waals surface area contributed by atoms with Crippen LogP contribution in [0.1, 0.15) is 26.5 Å². The maximum absolute atomic E-state index is 13.7. The van der Waals surface area contributed by atoms with Crippen molar-refractivity contribution in [1.29, 1.82) is 0 Å². The molecule has 0 saturated heterocycles. The third-order valence-corrected chi connectivity index (χ3v) is 3.43. The van der Waals surface area contributed by atoms with Crippen molar-refractivity contribution in [2.45, 2.75) is 6.92 Å². The normalized spacial score (nSPS) is 13.9. The van der Waals surface area contributed by atoms with Crippen molar-refractivity contribution in [3.63, 3.8) is 0 Å². The highest BCUT2D eigenvalue weighted by Gasteiger charge is 2.35. The summed E-state index contributed by atoms with van der Waals surface area (Å²) in [7, 11) is 1.28. The highest BCUT2D eigenvalue weighted by Crippen LogP contribution is 2.26. The third-order valence-electron chi connectivity index (χ3n) is 3.43. The van der Waals surface area contributed by atoms with Crippen LogP contribution in [0.2, 0.25) is 0 Å². The van der Waals surface area contributed by atoms with E-state index in [-0.39, 0.29) is 22.8 Å². The lowest BCUT2D eigenvalue weighted by Gasteiger charge is -2.19. The van der Waals surface area contributed by atoms with Crippen LogP contribution in [0.25, 0.3) is 0 Å². The van der Waals surface area contributed by atoms with Crippen LogP contribution in [-0.4, -0.2) is 28.6 Å². The molecule has 1 aromatic heterocycles. The van der Waals surface area contributed by atoms with Gasteiger partial charge in [0.05, 0.1) is 7.11 Å². The van der Waals surface area contributed by atoms with Crippen molar-refractivity contribution in [2.24, 2.45) is 0 Å². The van der Waals surface area contributed by atoms with Crippen molar-refractivity contribution in [3.05, 3.63) is 64.8 Å². The van der Waals surface area contributed by atoms with Gasteiger partial charge in [-0.15, -0.1) is 0 Å². The van der Waals surface area contributed by atoms with Gasteiger partial charge in [-0.1, -0.05) is 6.07 Å². The summed E-state index contributed by atoms with van der Waals surface area (Å²) < 4.78 is 18.7. The number of benzene rings is 1. The second-order valence-electron chi connectivity index (χ2n) is 4.91. The number of aromatic nitrogens is 2. The van der Waals surface area contributed by atoms with E-state index in [1.165, 1.54) is 25.6 Å². The average molecular weight is 313 g/mol. The molecule has 1 aliphatic carbocycles. The Morgan fingerprint density at radius 3 is 2.35 bits per heavy atom. The zero-order valence-corrected chi connectivity index (χ0v) is 12.4. The lowest BCUT2D eigenvalue weighted by Crippen LogP contribution is -2.29. The van der Waals surface area contributed by atoms with Crippen molar-refractivity contribution < 1.29 is 18.7 Å². The van der Waals surface area contributed by atoms with Crippen LogP contribution in [0.15, 0.2) is 42.0 Å². The summed E-state index contributed by atoms with van der Waals surface area (Å²) in [5.41, 5.74) is 0.585. The molecule has 1 aliphatic rings. The van der Waals surface area contributed by atoms with Crippen LogP contribution >= 0.6 is 0 Å². The summed E-state index contributed by atoms with van der Waals surface area (Å²) in [6.07, 6.45) is 2.65. The molecule has 0 bridgehead atoms. The average Bonchev–Trinajstić information content (AvgIpc) is 2.56. The molecule has 0 unspecified atom stereocenters. The molecule has 1 N–H and O–H groups in total. The van der Waals surface area contributed by atoms with Gasteiger partial charge in [0, 0.05) is 18.1 Å². The number of nitrogens with zero attached hydrogens (tertiary/aromatic N) is 2. The number of carbonyl (C=O) groups excluding carboxylic acids is 2. The minimum absolute atomic E-state index is 0.0602. The van der Waals surface area contributed by atoms with Crippen molar-refractivity contribution in [1.82, 2.24) is 9.97 Å². The van der Waals surface area contributed by atoms with Gasteiger partial charge in [0.2, 0.25) is 5.78 Å². The van der Waals surface area contributed by atoms with E-state index in [1.807, 2.05) is 0 Å². The fraction of sp³-hybridized carbons (Fsp3) is 0.125. The van der Waals surface area contributed by atoms with Crippen LogP contribution in [0.4, 0.5) is 10.1 Å². The van der Waals surface area contributed by atoms with E-state index in [1.54, 1.807) is 19.1 Å². The lowest BCUT2D eigenvalue weighted by molar-refractivity contribution is 0.0899. The topological polar surface area (TPSA) is 81.2 Å². The van der Waals surface area contributed by atoms with E-state index in [9.17, 15) is 14.0 Å². The molecule has 1 heterocycles. The Morgan fingerprint density at radius 2 is 1.74 bits per heavy atom. The first-order chi connectivity index (χ1) is 11.0. The number of halogens is 1. The lowest BCUT2D eigenvalue weighted by atomic mass is 9.99. The first kappa shape index (κ1) is 14.8. The van der Waals surface area contributed by atoms with E-state index >= 15 is 0 Å². The van der Waals surface area contributed by atoms with E-state index in [0.29, 0.717) is 11.3 Å². The Morgan fingerprint density at radius 1 is 1.09 bits per heavy atom. The van der Waals surface area contributed by atoms with Gasteiger partial charge >= 0.3 is 0 Å². The summed E-state index contributed by atoms with van der Waals surface area (Å²) in [6.45, 7) is 1.63. The number of methoxy groups -OCH3 is 1. The number of allylic oxidation sites excluding steroid dienone is 2. The number of Topliss-reactive ketones (excluding diaryl/α,β-unsaturated/α-hetero) is 2. The zero-order valence-electron chi connectivity index (χ0n) is 12.4. The molecule has 2 aromatic rings. The molecular weight excluding hydrogens is 301 g/mol. The number of hydrogen-bond acceptors (Lipinski definition) is 6. The maximum atomic E-state index is 13.7. The van der Waals surface area contributed by atoms with E-state index in [2.05, 4.69) is 15.3 Å². The van der Waals surface area contributed by atoms with E-state index in [0.717, 1.165) is 0 Å². The summed E-state index contributed by atoms with van der Waals surface area (Å²) >= 11 is 0. The molecule has 0 aliphatic heterocycles. The van der Waals surface area contributed by atoms with Crippen LogP contribution < -0.4 is 5.32 Å². The second kappa shape index (κ2) is 5.60. The molecule has 1 aromatic carbocycles. The Bertz CT molecular complexity index is 861. The summed E-state index contributed by atoms with van der Waals surface area (Å²) in [5, 5.41) is 2.75. The molecule has 0 amide bonds. The molecule has 3 rings (SSSR count). The van der Waals surface area contributed by atoms with Crippen LogP contribution in [0.5, 0.6) is 0 Å². The third kappa shape index (κ3) is 2.46. The maximum Gasteiger partial charge on any atom is 0.250 e. The van der Waals surface area contributed by atoms with Gasteiger partial charge in [-0.05, 0) is 24.6 Å². The number of aryl methyl sites for hydroxylation is 1. The number of carbonyl (C=O) groups is 2. The molecule has 6 nitrogen and oxygen atoms in total. The Labute approximate surface area is 131 Å². The van der Waals surface area contributed by atoms with Crippen molar-refractivity contribution >= 4 is 17.3 Å². The quantitative estimate of drug-likeness (QED) is 0.936. The van der Waals surface area contributed by atoms with E-state index in [4.69, 9.17) is 4.74 Å². The fourth-order valence-electron chi connectivity index (χ4n) is 2.24. The Hall–Kier alpha value is -3.09. The first-order valence-electron chi connectivity index (χ1n) is 6.74. The minimum atomic E-state index is -0.551. The Kier molecular flexibility index (Phi) is 3.61. The van der Waals surface area contributed by atoms with Crippen LogP contribution in [0.3, 0.4) is 0 Å². The number of rotatable bonds is 3. The van der Waals surface area contributed by atoms with Gasteiger partial charge < -0.3 is 10.1 Å². The molecule has 0 fully saturated rings. The van der Waals surface area contributed by atoms with Gasteiger partial charge in [0.25, 0.3) is 5.78 Å². The fourth-order valence-corrected chi connectivity index (χ4v) is 2.24. The SMILES string of the molecule is COC1=C(Nc2ccc(C)c(F)c2)C(=O)c2nccnc2C1=O. The first-order valence-corrected chi connectivity index (χ1v) is 6.74. The predicted molar refractivity (Wildman–Crippen MR) is 79.5 cm³/mol. The van der Waals surface area contributed by atoms with Crippen LogP contribution in [-0.2, 0) is 4.74 Å². The van der Waals surface area contributed by atoms with Crippen LogP contribution in [0, 0.1) is 12.7 Å². The number of nitrogens with one attached hydrogen (secondary N) is 1. The summed E-state index contributed by atoms with van der Waals surface area (Å²) in [4.78, 5) is 32.7. The molecule has 0 atom stereocenters. The Balaban J connectivity index is 2.07. The highest BCUT2D eigenvalue weighted by molar-refractivity contribution is 6.25. The number of fused-ring (bicyclic) bond motifs is 1. The van der Waals surface area contributed by atoms with Gasteiger partial charge in [-0.3, -0.25) is 9.59 Å². The summed E-state index contributed by atoms with van der Waals surface area (Å²) in [6, 6.07) is 4.40. The van der Waals surface area contributed by atoms with Gasteiger partial charge in [0.1, 0.15) is 22.9 Å². The smallest absolute Gasteiger partial charge is 0.250 e. The zero-order chi connectivity index (χ0) is 16.6. The summed E-state index contributed by atoms with van der Waals surface area (Å²) in [5.74, 6) is -1.69. The molecule has 0 radical (unpaired) electrons. The van der Waals surface area contributed by atoms with Gasteiger partial charge in [0.15, 0.2) is 5.76 Å². The molecule has 7 heteroatoms. The highest BCUT2D eigenvalue weighted by atomic mass is 19.1. The van der Waals surface area contributed by atoms with Gasteiger partial charge in [-0.2, -0.15) is 0 Å². The van der Waals surface area contributed by atoms with Crippen molar-refractivity contribution in [3.8, 4) is 0 Å². The standard InChI is InChI=1S/C16H12FN3O3/c1-8-3-4-9(7-10(8)17)20-13-14(21)11-12(19-6-5-18-11)15(22)16(13)23-2/h3-7,20H,1-2H3. The van der Waals surface area contributed by atoms with Gasteiger partial charge in [-0.25, -0.2) is 14.4 Å².